The standard InChI is InChI=1S/C12H10FN3O4S/c13-9-4-11(7-14-5-9)21(19,20)16-6-10-3-8(12(17)18)1-2-15-10/h1-5,7,16H,6H2,(H,17,18). The van der Waals surface area contributed by atoms with Crippen LogP contribution in [0.5, 0.6) is 0 Å². The van der Waals surface area contributed by atoms with Crippen LogP contribution in [0.4, 0.5) is 4.39 Å². The number of halogens is 1. The number of pyridine rings is 2. The molecule has 2 aromatic heterocycles. The van der Waals surface area contributed by atoms with Crippen LogP contribution in [0.15, 0.2) is 41.7 Å². The number of rotatable bonds is 5. The average Bonchev–Trinajstić information content (AvgIpc) is 2.45. The Labute approximate surface area is 119 Å². The van der Waals surface area contributed by atoms with E-state index in [9.17, 15) is 17.6 Å². The fourth-order valence-corrected chi connectivity index (χ4v) is 2.47. The Hall–Kier alpha value is -2.39. The van der Waals surface area contributed by atoms with E-state index in [2.05, 4.69) is 14.7 Å². The molecule has 0 bridgehead atoms. The van der Waals surface area contributed by atoms with Crippen molar-refractivity contribution in [3.63, 3.8) is 0 Å². The highest BCUT2D eigenvalue weighted by molar-refractivity contribution is 7.89. The summed E-state index contributed by atoms with van der Waals surface area (Å²) in [4.78, 5) is 17.8. The predicted octanol–water partition coefficient (Wildman–Crippen LogP) is 0.792. The smallest absolute Gasteiger partial charge is 0.335 e. The van der Waals surface area contributed by atoms with Gasteiger partial charge >= 0.3 is 5.97 Å². The molecule has 2 N–H and O–H groups in total. The second-order valence-corrected chi connectivity index (χ2v) is 5.77. The highest BCUT2D eigenvalue weighted by Gasteiger charge is 2.15. The van der Waals surface area contributed by atoms with Crippen molar-refractivity contribution < 1.29 is 22.7 Å². The number of aromatic carboxylic acids is 1. The fraction of sp³-hybridized carbons (Fsp3) is 0.0833. The molecule has 2 rings (SSSR count). The van der Waals surface area contributed by atoms with Crippen LogP contribution >= 0.6 is 0 Å². The number of hydrogen-bond acceptors (Lipinski definition) is 5. The molecule has 0 aliphatic rings. The molecule has 0 radical (unpaired) electrons. The second-order valence-electron chi connectivity index (χ2n) is 4.00. The third kappa shape index (κ3) is 3.80. The van der Waals surface area contributed by atoms with E-state index in [0.29, 0.717) is 0 Å². The third-order valence-corrected chi connectivity index (χ3v) is 3.87. The molecule has 0 fully saturated rings. The minimum Gasteiger partial charge on any atom is -0.478 e. The molecule has 0 aliphatic heterocycles. The van der Waals surface area contributed by atoms with Crippen molar-refractivity contribution >= 4 is 16.0 Å². The zero-order chi connectivity index (χ0) is 15.5. The molecule has 7 nitrogen and oxygen atoms in total. The summed E-state index contributed by atoms with van der Waals surface area (Å²) in [5.41, 5.74) is 0.217. The van der Waals surface area contributed by atoms with Gasteiger partial charge in [0.15, 0.2) is 0 Å². The minimum absolute atomic E-state index is 0.00776. The van der Waals surface area contributed by atoms with Crippen LogP contribution in [0.25, 0.3) is 0 Å². The molecular weight excluding hydrogens is 301 g/mol. The first-order chi connectivity index (χ1) is 9.88. The van der Waals surface area contributed by atoms with Crippen LogP contribution in [0.2, 0.25) is 0 Å². The van der Waals surface area contributed by atoms with Gasteiger partial charge in [-0.15, -0.1) is 0 Å². The maximum absolute atomic E-state index is 13.0. The number of carboxylic acids is 1. The van der Waals surface area contributed by atoms with Gasteiger partial charge in [-0.2, -0.15) is 0 Å². The van der Waals surface area contributed by atoms with Crippen LogP contribution in [0.3, 0.4) is 0 Å². The van der Waals surface area contributed by atoms with E-state index < -0.39 is 21.8 Å². The SMILES string of the molecule is O=C(O)c1ccnc(CNS(=O)(=O)c2cncc(F)c2)c1. The van der Waals surface area contributed by atoms with Gasteiger partial charge in [-0.25, -0.2) is 22.3 Å². The molecular formula is C12H10FN3O4S. The lowest BCUT2D eigenvalue weighted by Gasteiger charge is -2.06. The summed E-state index contributed by atoms with van der Waals surface area (Å²) in [6, 6.07) is 3.36. The van der Waals surface area contributed by atoms with Crippen molar-refractivity contribution in [2.24, 2.45) is 0 Å². The highest BCUT2D eigenvalue weighted by atomic mass is 32.2. The van der Waals surface area contributed by atoms with Crippen molar-refractivity contribution in [2.45, 2.75) is 11.4 Å². The van der Waals surface area contributed by atoms with Crippen LogP contribution in [-0.2, 0) is 16.6 Å². The number of sulfonamides is 1. The molecule has 9 heteroatoms. The molecule has 0 aliphatic carbocycles. The van der Waals surface area contributed by atoms with E-state index in [0.717, 1.165) is 18.5 Å². The van der Waals surface area contributed by atoms with E-state index in [1.165, 1.54) is 18.3 Å². The first kappa shape index (κ1) is 15.0. The third-order valence-electron chi connectivity index (χ3n) is 2.50. The molecule has 0 aromatic carbocycles. The van der Waals surface area contributed by atoms with Crippen molar-refractivity contribution in [1.82, 2.24) is 14.7 Å². The summed E-state index contributed by atoms with van der Waals surface area (Å²) in [6.07, 6.45) is 3.15. The molecule has 0 amide bonds. The Balaban J connectivity index is 2.15. The van der Waals surface area contributed by atoms with Crippen LogP contribution in [0, 0.1) is 5.82 Å². The highest BCUT2D eigenvalue weighted by Crippen LogP contribution is 2.09. The quantitative estimate of drug-likeness (QED) is 0.845. The van der Waals surface area contributed by atoms with Crippen molar-refractivity contribution in [2.75, 3.05) is 0 Å². The van der Waals surface area contributed by atoms with E-state index in [4.69, 9.17) is 5.11 Å². The van der Waals surface area contributed by atoms with Crippen LogP contribution in [0.1, 0.15) is 16.1 Å². The van der Waals surface area contributed by atoms with Gasteiger partial charge in [0.1, 0.15) is 10.7 Å². The Kier molecular flexibility index (Phi) is 4.24. The Bertz CT molecular complexity index is 780. The van der Waals surface area contributed by atoms with E-state index in [-0.39, 0.29) is 22.7 Å². The lowest BCUT2D eigenvalue weighted by molar-refractivity contribution is 0.0696. The first-order valence-electron chi connectivity index (χ1n) is 5.67. The molecule has 0 saturated heterocycles. The lowest BCUT2D eigenvalue weighted by atomic mass is 10.2. The maximum atomic E-state index is 13.0. The number of hydrogen-bond donors (Lipinski definition) is 2. The van der Waals surface area contributed by atoms with Gasteiger partial charge in [-0.3, -0.25) is 9.97 Å². The largest absolute Gasteiger partial charge is 0.478 e. The normalized spacial score (nSPS) is 11.3. The monoisotopic (exact) mass is 311 g/mol. The predicted molar refractivity (Wildman–Crippen MR) is 69.4 cm³/mol. The molecule has 110 valence electrons. The van der Waals surface area contributed by atoms with Crippen LogP contribution in [-0.4, -0.2) is 29.5 Å². The van der Waals surface area contributed by atoms with Crippen LogP contribution < -0.4 is 4.72 Å². The molecule has 2 heterocycles. The Morgan fingerprint density at radius 3 is 2.76 bits per heavy atom. The van der Waals surface area contributed by atoms with Gasteiger partial charge in [0, 0.05) is 12.4 Å². The lowest BCUT2D eigenvalue weighted by Crippen LogP contribution is -2.24. The Morgan fingerprint density at radius 2 is 2.10 bits per heavy atom. The molecule has 0 saturated carbocycles. The van der Waals surface area contributed by atoms with Gasteiger partial charge in [-0.05, 0) is 18.2 Å². The second kappa shape index (κ2) is 5.94. The van der Waals surface area contributed by atoms with Gasteiger partial charge in [0.2, 0.25) is 10.0 Å². The summed E-state index contributed by atoms with van der Waals surface area (Å²) in [5.74, 6) is -1.92. The Morgan fingerprint density at radius 1 is 1.33 bits per heavy atom. The molecule has 0 unspecified atom stereocenters. The number of aromatic nitrogens is 2. The van der Waals surface area contributed by atoms with Gasteiger partial charge in [0.25, 0.3) is 0 Å². The molecule has 0 atom stereocenters. The zero-order valence-corrected chi connectivity index (χ0v) is 11.3. The van der Waals surface area contributed by atoms with E-state index >= 15 is 0 Å². The van der Waals surface area contributed by atoms with Gasteiger partial charge in [-0.1, -0.05) is 0 Å². The molecule has 0 spiro atoms. The summed E-state index contributed by atoms with van der Waals surface area (Å²) >= 11 is 0. The van der Waals surface area contributed by atoms with Crippen molar-refractivity contribution in [3.8, 4) is 0 Å². The van der Waals surface area contributed by atoms with E-state index in [1.54, 1.807) is 0 Å². The molecule has 21 heavy (non-hydrogen) atoms. The summed E-state index contributed by atoms with van der Waals surface area (Å²) in [5, 5.41) is 8.83. The van der Waals surface area contributed by atoms with Gasteiger partial charge in [0.05, 0.1) is 24.0 Å². The number of nitrogens with zero attached hydrogens (tertiary/aromatic N) is 2. The summed E-state index contributed by atoms with van der Waals surface area (Å²) < 4.78 is 39.0. The number of carboxylic acid groups (broad SMARTS) is 1. The van der Waals surface area contributed by atoms with Crippen molar-refractivity contribution in [1.29, 1.82) is 0 Å². The van der Waals surface area contributed by atoms with E-state index in [1.807, 2.05) is 0 Å². The molecule has 2 aromatic rings. The zero-order valence-electron chi connectivity index (χ0n) is 10.5. The minimum atomic E-state index is -3.95. The fourth-order valence-electron chi connectivity index (χ4n) is 1.50. The van der Waals surface area contributed by atoms with Gasteiger partial charge < -0.3 is 5.11 Å². The average molecular weight is 311 g/mol. The maximum Gasteiger partial charge on any atom is 0.335 e. The summed E-state index contributed by atoms with van der Waals surface area (Å²) in [7, 11) is -3.95. The first-order valence-corrected chi connectivity index (χ1v) is 7.15. The van der Waals surface area contributed by atoms with Crippen molar-refractivity contribution in [3.05, 3.63) is 53.9 Å². The number of nitrogens with one attached hydrogen (secondary N) is 1. The topological polar surface area (TPSA) is 109 Å². The number of carbonyl (C=O) groups is 1. The summed E-state index contributed by atoms with van der Waals surface area (Å²) in [6.45, 7) is -0.222.